The first kappa shape index (κ1) is 18.8. The molecule has 9 heteroatoms. The van der Waals surface area contributed by atoms with Gasteiger partial charge in [-0.1, -0.05) is 11.6 Å². The van der Waals surface area contributed by atoms with Crippen LogP contribution in [-0.2, 0) is 19.5 Å². The summed E-state index contributed by atoms with van der Waals surface area (Å²) in [5.74, 6) is -1.22. The number of ether oxygens (including phenoxy) is 2. The van der Waals surface area contributed by atoms with Gasteiger partial charge in [0.2, 0.25) is 0 Å². The highest BCUT2D eigenvalue weighted by Gasteiger charge is 2.21. The Balaban J connectivity index is 2.33. The SMILES string of the molecule is COC(=O)c1ccc(NS(=O)(=O)c2cc(C(=O)OC)ccc2Cl)cc1. The van der Waals surface area contributed by atoms with Crippen LogP contribution in [0.3, 0.4) is 0 Å². The van der Waals surface area contributed by atoms with Crippen molar-refractivity contribution >= 4 is 39.3 Å². The quantitative estimate of drug-likeness (QED) is 0.797. The van der Waals surface area contributed by atoms with Gasteiger partial charge in [0.1, 0.15) is 4.90 Å². The van der Waals surface area contributed by atoms with Gasteiger partial charge in [-0.25, -0.2) is 18.0 Å². The number of anilines is 1. The second-order valence-corrected chi connectivity index (χ2v) is 6.87. The molecule has 0 fully saturated rings. The number of sulfonamides is 1. The Morgan fingerprint density at radius 3 is 2.00 bits per heavy atom. The summed E-state index contributed by atoms with van der Waals surface area (Å²) in [7, 11) is -1.62. The smallest absolute Gasteiger partial charge is 0.337 e. The first-order valence-electron chi connectivity index (χ1n) is 6.87. The van der Waals surface area contributed by atoms with E-state index in [-0.39, 0.29) is 26.7 Å². The maximum Gasteiger partial charge on any atom is 0.337 e. The number of carbonyl (C=O) groups excluding carboxylic acids is 2. The highest BCUT2D eigenvalue weighted by molar-refractivity contribution is 7.92. The standard InChI is InChI=1S/C16H14ClNO6S/c1-23-15(19)10-3-6-12(7-4-10)18-25(21,22)14-9-11(16(20)24-2)5-8-13(14)17/h3-9,18H,1-2H3. The number of esters is 2. The van der Waals surface area contributed by atoms with Gasteiger partial charge in [-0.15, -0.1) is 0 Å². The van der Waals surface area contributed by atoms with Crippen LogP contribution in [0.4, 0.5) is 5.69 Å². The minimum Gasteiger partial charge on any atom is -0.465 e. The Hall–Kier alpha value is -2.58. The van der Waals surface area contributed by atoms with Crippen LogP contribution in [0, 0.1) is 0 Å². The topological polar surface area (TPSA) is 98.8 Å². The summed E-state index contributed by atoms with van der Waals surface area (Å²) in [6.45, 7) is 0. The predicted octanol–water partition coefficient (Wildman–Crippen LogP) is 2.71. The maximum atomic E-state index is 12.5. The minimum atomic E-state index is -4.05. The average Bonchev–Trinajstić information content (AvgIpc) is 2.61. The van der Waals surface area contributed by atoms with Crippen LogP contribution < -0.4 is 4.72 Å². The molecule has 25 heavy (non-hydrogen) atoms. The van der Waals surface area contributed by atoms with Crippen molar-refractivity contribution in [3.8, 4) is 0 Å². The number of hydrogen-bond donors (Lipinski definition) is 1. The van der Waals surface area contributed by atoms with Gasteiger partial charge in [-0.2, -0.15) is 0 Å². The molecule has 0 aliphatic carbocycles. The molecule has 0 heterocycles. The van der Waals surface area contributed by atoms with Crippen molar-refractivity contribution < 1.29 is 27.5 Å². The third kappa shape index (κ3) is 4.28. The third-order valence-electron chi connectivity index (χ3n) is 3.20. The van der Waals surface area contributed by atoms with Crippen molar-refractivity contribution in [1.29, 1.82) is 0 Å². The third-order valence-corrected chi connectivity index (χ3v) is 5.06. The molecule has 0 bridgehead atoms. The molecule has 0 unspecified atom stereocenters. The molecule has 0 radical (unpaired) electrons. The van der Waals surface area contributed by atoms with Crippen molar-refractivity contribution in [2.24, 2.45) is 0 Å². The number of halogens is 1. The van der Waals surface area contributed by atoms with E-state index in [2.05, 4.69) is 14.2 Å². The van der Waals surface area contributed by atoms with Crippen molar-refractivity contribution in [2.45, 2.75) is 4.90 Å². The van der Waals surface area contributed by atoms with E-state index in [9.17, 15) is 18.0 Å². The lowest BCUT2D eigenvalue weighted by atomic mass is 10.2. The molecule has 0 saturated heterocycles. The van der Waals surface area contributed by atoms with E-state index in [1.807, 2.05) is 0 Å². The highest BCUT2D eigenvalue weighted by atomic mass is 35.5. The number of methoxy groups -OCH3 is 2. The van der Waals surface area contributed by atoms with E-state index in [0.717, 1.165) is 6.07 Å². The van der Waals surface area contributed by atoms with Crippen LogP contribution in [0.2, 0.25) is 5.02 Å². The zero-order valence-electron chi connectivity index (χ0n) is 13.3. The van der Waals surface area contributed by atoms with Crippen LogP contribution >= 0.6 is 11.6 Å². The molecule has 0 amide bonds. The fourth-order valence-electron chi connectivity index (χ4n) is 1.96. The van der Waals surface area contributed by atoms with Gasteiger partial charge in [-0.05, 0) is 42.5 Å². The second-order valence-electron chi connectivity index (χ2n) is 4.81. The molecule has 0 aromatic heterocycles. The summed E-state index contributed by atoms with van der Waals surface area (Å²) in [6.07, 6.45) is 0. The molecule has 132 valence electrons. The number of hydrogen-bond acceptors (Lipinski definition) is 6. The Bertz CT molecular complexity index is 909. The Kier molecular flexibility index (Phi) is 5.66. The number of nitrogens with one attached hydrogen (secondary N) is 1. The van der Waals surface area contributed by atoms with Gasteiger partial charge in [0.25, 0.3) is 10.0 Å². The van der Waals surface area contributed by atoms with Gasteiger partial charge in [-0.3, -0.25) is 4.72 Å². The second kappa shape index (κ2) is 7.54. The lowest BCUT2D eigenvalue weighted by Gasteiger charge is -2.11. The van der Waals surface area contributed by atoms with Crippen LogP contribution in [0.5, 0.6) is 0 Å². The maximum absolute atomic E-state index is 12.5. The fourth-order valence-corrected chi connectivity index (χ4v) is 3.54. The number of carbonyl (C=O) groups is 2. The van der Waals surface area contributed by atoms with Crippen molar-refractivity contribution in [2.75, 3.05) is 18.9 Å². The van der Waals surface area contributed by atoms with E-state index >= 15 is 0 Å². The van der Waals surface area contributed by atoms with Gasteiger partial charge in [0, 0.05) is 5.69 Å². The number of benzene rings is 2. The normalized spacial score (nSPS) is 10.8. The van der Waals surface area contributed by atoms with Crippen molar-refractivity contribution in [3.63, 3.8) is 0 Å². The van der Waals surface area contributed by atoms with E-state index in [1.165, 1.54) is 50.6 Å². The molecule has 0 spiro atoms. The van der Waals surface area contributed by atoms with Gasteiger partial charge < -0.3 is 9.47 Å². The molecule has 0 atom stereocenters. The summed E-state index contributed by atoms with van der Waals surface area (Å²) in [4.78, 5) is 22.7. The Morgan fingerprint density at radius 2 is 1.44 bits per heavy atom. The molecule has 2 aromatic rings. The zero-order chi connectivity index (χ0) is 18.6. The summed E-state index contributed by atoms with van der Waals surface area (Å²) in [5, 5.41) is -0.0497. The van der Waals surface area contributed by atoms with E-state index in [1.54, 1.807) is 0 Å². The highest BCUT2D eigenvalue weighted by Crippen LogP contribution is 2.25. The molecule has 7 nitrogen and oxygen atoms in total. The Morgan fingerprint density at radius 1 is 0.920 bits per heavy atom. The molecule has 2 rings (SSSR count). The molecule has 0 saturated carbocycles. The summed E-state index contributed by atoms with van der Waals surface area (Å²) in [6, 6.07) is 9.41. The van der Waals surface area contributed by atoms with Crippen LogP contribution in [0.1, 0.15) is 20.7 Å². The summed E-state index contributed by atoms with van der Waals surface area (Å²) < 4.78 is 36.5. The van der Waals surface area contributed by atoms with Crippen molar-refractivity contribution in [3.05, 3.63) is 58.6 Å². The van der Waals surface area contributed by atoms with Crippen LogP contribution in [0.15, 0.2) is 47.4 Å². The van der Waals surface area contributed by atoms with Crippen LogP contribution in [-0.4, -0.2) is 34.6 Å². The number of rotatable bonds is 5. The lowest BCUT2D eigenvalue weighted by Crippen LogP contribution is -2.15. The lowest BCUT2D eigenvalue weighted by molar-refractivity contribution is 0.0591. The van der Waals surface area contributed by atoms with Gasteiger partial charge >= 0.3 is 11.9 Å². The molecule has 1 N–H and O–H groups in total. The first-order valence-corrected chi connectivity index (χ1v) is 8.73. The molecule has 0 aliphatic rings. The Labute approximate surface area is 149 Å². The predicted molar refractivity (Wildman–Crippen MR) is 91.4 cm³/mol. The molecular formula is C16H14ClNO6S. The largest absolute Gasteiger partial charge is 0.465 e. The van der Waals surface area contributed by atoms with Gasteiger partial charge in [0.15, 0.2) is 0 Å². The summed E-state index contributed by atoms with van der Waals surface area (Å²) >= 11 is 5.95. The van der Waals surface area contributed by atoms with Crippen molar-refractivity contribution in [1.82, 2.24) is 0 Å². The molecular weight excluding hydrogens is 370 g/mol. The van der Waals surface area contributed by atoms with Crippen LogP contribution in [0.25, 0.3) is 0 Å². The minimum absolute atomic E-state index is 0.0494. The van der Waals surface area contributed by atoms with E-state index in [4.69, 9.17) is 11.6 Å². The average molecular weight is 384 g/mol. The first-order chi connectivity index (χ1) is 11.8. The zero-order valence-corrected chi connectivity index (χ0v) is 14.8. The molecule has 0 aliphatic heterocycles. The van der Waals surface area contributed by atoms with Gasteiger partial charge in [0.05, 0.1) is 30.4 Å². The fraction of sp³-hybridized carbons (Fsp3) is 0.125. The molecule has 2 aromatic carbocycles. The van der Waals surface area contributed by atoms with E-state index < -0.39 is 22.0 Å². The van der Waals surface area contributed by atoms with E-state index in [0.29, 0.717) is 0 Å². The summed E-state index contributed by atoms with van der Waals surface area (Å²) in [5.41, 5.74) is 0.539. The monoisotopic (exact) mass is 383 g/mol.